The molecule has 114 valence electrons. The molecule has 20 heavy (non-hydrogen) atoms. The first-order valence-corrected chi connectivity index (χ1v) is 8.75. The lowest BCUT2D eigenvalue weighted by atomic mass is 9.87. The zero-order chi connectivity index (χ0) is 14.9. The molecule has 0 N–H and O–H groups in total. The molecule has 0 aliphatic carbocycles. The largest absolute Gasteiger partial charge is 0.298 e. The van der Waals surface area contributed by atoms with Crippen LogP contribution in [0.4, 0.5) is 0 Å². The van der Waals surface area contributed by atoms with Crippen molar-refractivity contribution in [3.05, 3.63) is 18.0 Å². The molecule has 1 aliphatic rings. The highest BCUT2D eigenvalue weighted by Crippen LogP contribution is 2.35. The summed E-state index contributed by atoms with van der Waals surface area (Å²) in [7, 11) is 2.57. The quantitative estimate of drug-likeness (QED) is 0.821. The number of hydrogen-bond donors (Lipinski definition) is 0. The summed E-state index contributed by atoms with van der Waals surface area (Å²) in [6.45, 7) is 1.59. The summed E-state index contributed by atoms with van der Waals surface area (Å²) < 4.78 is 26.6. The molecular weight excluding hydrogens is 276 g/mol. The Morgan fingerprint density at radius 2 is 2.15 bits per heavy atom. The van der Waals surface area contributed by atoms with Gasteiger partial charge in [-0.05, 0) is 38.4 Å². The Kier molecular flexibility index (Phi) is 4.51. The lowest BCUT2D eigenvalue weighted by Gasteiger charge is -2.40. The maximum atomic E-state index is 11.6. The molecule has 1 aliphatic heterocycles. The Hall–Kier alpha value is -0.920. The summed E-state index contributed by atoms with van der Waals surface area (Å²) in [4.78, 5) is 2.31. The van der Waals surface area contributed by atoms with Crippen molar-refractivity contribution in [2.24, 2.45) is 13.0 Å². The van der Waals surface area contributed by atoms with E-state index in [1.165, 1.54) is 10.6 Å². The van der Waals surface area contributed by atoms with E-state index in [9.17, 15) is 8.42 Å². The number of likely N-dealkylation sites (tertiary alicyclic amines) is 1. The van der Waals surface area contributed by atoms with Crippen LogP contribution in [0.25, 0.3) is 0 Å². The standard InChI is InChI=1S/C13H24N4O2S/c1-15-9-5-6-11(10-16(2)20(4,18)19)13(15)12-7-8-14-17(12)3/h7-8,11,13H,5-6,9-10H2,1-4H3/t11-,13+/m0/s1. The number of piperidine rings is 1. The van der Waals surface area contributed by atoms with Crippen LogP contribution in [0.5, 0.6) is 0 Å². The predicted molar refractivity (Wildman–Crippen MR) is 78.8 cm³/mol. The minimum atomic E-state index is -3.13. The topological polar surface area (TPSA) is 58.4 Å². The van der Waals surface area contributed by atoms with Crippen molar-refractivity contribution in [3.8, 4) is 0 Å². The van der Waals surface area contributed by atoms with Gasteiger partial charge in [0, 0.05) is 26.8 Å². The molecule has 2 heterocycles. The number of aromatic nitrogens is 2. The summed E-state index contributed by atoms with van der Waals surface area (Å²) in [5, 5.41) is 4.25. The monoisotopic (exact) mass is 300 g/mol. The molecular formula is C13H24N4O2S. The normalized spacial score (nSPS) is 25.2. The van der Waals surface area contributed by atoms with Crippen molar-refractivity contribution >= 4 is 10.0 Å². The number of sulfonamides is 1. The van der Waals surface area contributed by atoms with Gasteiger partial charge in [0.1, 0.15) is 0 Å². The number of aryl methyl sites for hydroxylation is 1. The van der Waals surface area contributed by atoms with E-state index in [-0.39, 0.29) is 6.04 Å². The van der Waals surface area contributed by atoms with Crippen LogP contribution in [-0.4, -0.2) is 60.8 Å². The van der Waals surface area contributed by atoms with Gasteiger partial charge in [-0.1, -0.05) is 0 Å². The van der Waals surface area contributed by atoms with Gasteiger partial charge in [0.15, 0.2) is 0 Å². The van der Waals surface area contributed by atoms with Crippen LogP contribution < -0.4 is 0 Å². The first kappa shape index (κ1) is 15.5. The first-order valence-electron chi connectivity index (χ1n) is 6.90. The van der Waals surface area contributed by atoms with E-state index in [0.29, 0.717) is 12.5 Å². The van der Waals surface area contributed by atoms with Gasteiger partial charge in [0.2, 0.25) is 10.0 Å². The van der Waals surface area contributed by atoms with Gasteiger partial charge in [0.05, 0.1) is 18.0 Å². The summed E-state index contributed by atoms with van der Waals surface area (Å²) >= 11 is 0. The van der Waals surface area contributed by atoms with E-state index < -0.39 is 10.0 Å². The fourth-order valence-corrected chi connectivity index (χ4v) is 3.52. The first-order chi connectivity index (χ1) is 9.30. The van der Waals surface area contributed by atoms with Crippen molar-refractivity contribution in [3.63, 3.8) is 0 Å². The van der Waals surface area contributed by atoms with Gasteiger partial charge in [-0.15, -0.1) is 0 Å². The average molecular weight is 300 g/mol. The highest BCUT2D eigenvalue weighted by Gasteiger charge is 2.34. The van der Waals surface area contributed by atoms with Crippen LogP contribution in [0.3, 0.4) is 0 Å². The maximum absolute atomic E-state index is 11.6. The second-order valence-corrected chi connectivity index (χ2v) is 7.84. The Bertz CT molecular complexity index is 554. The van der Waals surface area contributed by atoms with Crippen molar-refractivity contribution in [2.75, 3.05) is 33.4 Å². The molecule has 0 bridgehead atoms. The Labute approximate surface area is 121 Å². The molecule has 0 amide bonds. The van der Waals surface area contributed by atoms with Crippen LogP contribution in [0.2, 0.25) is 0 Å². The second-order valence-electron chi connectivity index (χ2n) is 5.75. The summed E-state index contributed by atoms with van der Waals surface area (Å²) in [6.07, 6.45) is 5.21. The SMILES string of the molecule is CN1CCC[C@@H](CN(C)S(C)(=O)=O)[C@@H]1c1ccnn1C. The molecule has 1 aromatic heterocycles. The van der Waals surface area contributed by atoms with E-state index >= 15 is 0 Å². The number of nitrogens with zero attached hydrogens (tertiary/aromatic N) is 4. The summed E-state index contributed by atoms with van der Waals surface area (Å²) in [6, 6.07) is 2.25. The molecule has 2 atom stereocenters. The van der Waals surface area contributed by atoms with Gasteiger partial charge in [-0.3, -0.25) is 9.58 Å². The van der Waals surface area contributed by atoms with Gasteiger partial charge in [-0.2, -0.15) is 5.10 Å². The fraction of sp³-hybridized carbons (Fsp3) is 0.769. The molecule has 0 radical (unpaired) electrons. The van der Waals surface area contributed by atoms with Crippen molar-refractivity contribution in [2.45, 2.75) is 18.9 Å². The van der Waals surface area contributed by atoms with Crippen LogP contribution >= 0.6 is 0 Å². The minimum absolute atomic E-state index is 0.223. The van der Waals surface area contributed by atoms with Crippen LogP contribution in [0.15, 0.2) is 12.3 Å². The average Bonchev–Trinajstić information content (AvgIpc) is 2.74. The van der Waals surface area contributed by atoms with E-state index in [0.717, 1.165) is 25.1 Å². The zero-order valence-electron chi connectivity index (χ0n) is 12.7. The van der Waals surface area contributed by atoms with Gasteiger partial charge >= 0.3 is 0 Å². The Morgan fingerprint density at radius 3 is 2.70 bits per heavy atom. The third-order valence-electron chi connectivity index (χ3n) is 4.23. The fourth-order valence-electron chi connectivity index (χ4n) is 3.06. The Morgan fingerprint density at radius 1 is 1.45 bits per heavy atom. The van der Waals surface area contributed by atoms with E-state index in [2.05, 4.69) is 17.0 Å². The third kappa shape index (κ3) is 3.21. The zero-order valence-corrected chi connectivity index (χ0v) is 13.5. The molecule has 0 aromatic carbocycles. The minimum Gasteiger partial charge on any atom is -0.298 e. The van der Waals surface area contributed by atoms with Gasteiger partial charge < -0.3 is 0 Å². The van der Waals surface area contributed by atoms with Crippen LogP contribution in [-0.2, 0) is 17.1 Å². The van der Waals surface area contributed by atoms with E-state index in [4.69, 9.17) is 0 Å². The van der Waals surface area contributed by atoms with Crippen molar-refractivity contribution in [1.82, 2.24) is 19.0 Å². The molecule has 2 rings (SSSR count). The molecule has 7 heteroatoms. The predicted octanol–water partition coefficient (Wildman–Crippen LogP) is 0.694. The van der Waals surface area contributed by atoms with E-state index in [1.54, 1.807) is 13.2 Å². The van der Waals surface area contributed by atoms with Gasteiger partial charge in [-0.25, -0.2) is 12.7 Å². The number of rotatable bonds is 4. The molecule has 1 fully saturated rings. The van der Waals surface area contributed by atoms with Crippen molar-refractivity contribution in [1.29, 1.82) is 0 Å². The number of hydrogen-bond acceptors (Lipinski definition) is 4. The van der Waals surface area contributed by atoms with E-state index in [1.807, 2.05) is 17.8 Å². The second kappa shape index (κ2) is 5.83. The lowest BCUT2D eigenvalue weighted by Crippen LogP contribution is -2.42. The highest BCUT2D eigenvalue weighted by molar-refractivity contribution is 7.88. The molecule has 1 saturated heterocycles. The van der Waals surface area contributed by atoms with Crippen molar-refractivity contribution < 1.29 is 8.42 Å². The van der Waals surface area contributed by atoms with Crippen LogP contribution in [0, 0.1) is 5.92 Å². The lowest BCUT2D eigenvalue weighted by molar-refractivity contribution is 0.103. The highest BCUT2D eigenvalue weighted by atomic mass is 32.2. The molecule has 0 spiro atoms. The van der Waals surface area contributed by atoms with Crippen LogP contribution in [0.1, 0.15) is 24.6 Å². The molecule has 1 aromatic rings. The Balaban J connectivity index is 2.23. The van der Waals surface area contributed by atoms with Gasteiger partial charge in [0.25, 0.3) is 0 Å². The molecule has 0 saturated carbocycles. The molecule has 6 nitrogen and oxygen atoms in total. The molecule has 0 unspecified atom stereocenters. The maximum Gasteiger partial charge on any atom is 0.210 e. The third-order valence-corrected chi connectivity index (χ3v) is 5.51. The summed E-state index contributed by atoms with van der Waals surface area (Å²) in [5.74, 6) is 0.295. The smallest absolute Gasteiger partial charge is 0.210 e. The summed E-state index contributed by atoms with van der Waals surface area (Å²) in [5.41, 5.74) is 1.15.